The number of amides is 1. The molecule has 3 aromatic rings. The van der Waals surface area contributed by atoms with Crippen LogP contribution in [-0.2, 0) is 17.8 Å². The average molecular weight is 394 g/mol. The second-order valence-corrected chi connectivity index (χ2v) is 7.50. The molecule has 144 valence electrons. The first-order chi connectivity index (χ1) is 13.7. The van der Waals surface area contributed by atoms with Crippen molar-refractivity contribution >= 4 is 17.2 Å². The highest BCUT2D eigenvalue weighted by molar-refractivity contribution is 7.13. The van der Waals surface area contributed by atoms with E-state index in [1.807, 2.05) is 60.8 Å². The van der Waals surface area contributed by atoms with Gasteiger partial charge in [0.25, 0.3) is 0 Å². The monoisotopic (exact) mass is 394 g/mol. The fourth-order valence-corrected chi connectivity index (χ4v) is 4.05. The van der Waals surface area contributed by atoms with Crippen LogP contribution in [-0.4, -0.2) is 24.1 Å². The van der Waals surface area contributed by atoms with Crippen molar-refractivity contribution < 1.29 is 14.3 Å². The maximum absolute atomic E-state index is 12.6. The summed E-state index contributed by atoms with van der Waals surface area (Å²) in [5.41, 5.74) is 2.97. The molecule has 1 N–H and O–H groups in total. The lowest BCUT2D eigenvalue weighted by atomic mass is 9.96. The largest absolute Gasteiger partial charge is 0.494 e. The van der Waals surface area contributed by atoms with Crippen LogP contribution in [0.2, 0.25) is 0 Å². The molecule has 0 saturated heterocycles. The Morgan fingerprint density at radius 3 is 2.96 bits per heavy atom. The Balaban J connectivity index is 1.36. The molecule has 0 radical (unpaired) electrons. The highest BCUT2D eigenvalue weighted by Gasteiger charge is 2.26. The van der Waals surface area contributed by atoms with Crippen LogP contribution in [0.25, 0.3) is 10.6 Å². The first kappa shape index (κ1) is 18.5. The minimum atomic E-state index is -0.211. The van der Waals surface area contributed by atoms with Crippen molar-refractivity contribution in [3.8, 4) is 22.1 Å². The van der Waals surface area contributed by atoms with Gasteiger partial charge in [-0.3, -0.25) is 4.79 Å². The van der Waals surface area contributed by atoms with E-state index in [2.05, 4.69) is 10.3 Å². The first-order valence-corrected chi connectivity index (χ1v) is 10.3. The van der Waals surface area contributed by atoms with Crippen LogP contribution < -0.4 is 14.8 Å². The maximum atomic E-state index is 12.6. The standard InChI is InChI=1S/C22H22N2O3S/c1-2-26-19-8-9-20-16(11-19)10-17(13-27-20)21(25)23-12-18-14-28-22(24-18)15-6-4-3-5-7-15/h3-9,11,14,17H,2,10,12-13H2,1H3,(H,23,25). The molecule has 5 nitrogen and oxygen atoms in total. The number of ether oxygens (including phenoxy) is 2. The summed E-state index contributed by atoms with van der Waals surface area (Å²) in [5.74, 6) is 1.42. The summed E-state index contributed by atoms with van der Waals surface area (Å²) in [7, 11) is 0. The van der Waals surface area contributed by atoms with Gasteiger partial charge in [0.05, 0.1) is 24.8 Å². The summed E-state index contributed by atoms with van der Waals surface area (Å²) >= 11 is 1.59. The number of rotatable bonds is 6. The maximum Gasteiger partial charge on any atom is 0.227 e. The molecule has 1 atom stereocenters. The van der Waals surface area contributed by atoms with Crippen LogP contribution in [0, 0.1) is 5.92 Å². The van der Waals surface area contributed by atoms with Crippen LogP contribution >= 0.6 is 11.3 Å². The number of hydrogen-bond acceptors (Lipinski definition) is 5. The van der Waals surface area contributed by atoms with Crippen molar-refractivity contribution in [3.63, 3.8) is 0 Å². The number of carbonyl (C=O) groups is 1. The van der Waals surface area contributed by atoms with Crippen LogP contribution in [0.1, 0.15) is 18.2 Å². The van der Waals surface area contributed by atoms with E-state index in [1.54, 1.807) is 11.3 Å². The minimum Gasteiger partial charge on any atom is -0.494 e. The second-order valence-electron chi connectivity index (χ2n) is 6.64. The molecule has 0 bridgehead atoms. The summed E-state index contributed by atoms with van der Waals surface area (Å²) in [5, 5.41) is 5.95. The van der Waals surface area contributed by atoms with E-state index in [1.165, 1.54) is 0 Å². The molecular weight excluding hydrogens is 372 g/mol. The minimum absolute atomic E-state index is 0.0123. The van der Waals surface area contributed by atoms with E-state index in [4.69, 9.17) is 9.47 Å². The van der Waals surface area contributed by atoms with Crippen molar-refractivity contribution in [2.75, 3.05) is 13.2 Å². The van der Waals surface area contributed by atoms with Gasteiger partial charge in [-0.25, -0.2) is 4.98 Å². The Hall–Kier alpha value is -2.86. The lowest BCUT2D eigenvalue weighted by molar-refractivity contribution is -0.126. The smallest absolute Gasteiger partial charge is 0.227 e. The summed E-state index contributed by atoms with van der Waals surface area (Å²) in [6.07, 6.45) is 0.647. The van der Waals surface area contributed by atoms with Crippen molar-refractivity contribution in [2.45, 2.75) is 19.9 Å². The molecule has 2 aromatic carbocycles. The molecule has 0 aliphatic carbocycles. The summed E-state index contributed by atoms with van der Waals surface area (Å²) in [6, 6.07) is 15.8. The SMILES string of the molecule is CCOc1ccc2c(c1)CC(C(=O)NCc1csc(-c3ccccc3)n1)CO2. The van der Waals surface area contributed by atoms with Crippen LogP contribution in [0.3, 0.4) is 0 Å². The molecule has 6 heteroatoms. The number of aromatic nitrogens is 1. The van der Waals surface area contributed by atoms with Gasteiger partial charge < -0.3 is 14.8 Å². The van der Waals surface area contributed by atoms with E-state index in [0.717, 1.165) is 33.3 Å². The number of fused-ring (bicyclic) bond motifs is 1. The predicted molar refractivity (Wildman–Crippen MR) is 110 cm³/mol. The zero-order valence-corrected chi connectivity index (χ0v) is 16.5. The normalized spacial score (nSPS) is 15.4. The highest BCUT2D eigenvalue weighted by Crippen LogP contribution is 2.31. The van der Waals surface area contributed by atoms with Crippen LogP contribution in [0.15, 0.2) is 53.9 Å². The molecule has 0 fully saturated rings. The Labute approximate surface area is 168 Å². The predicted octanol–water partition coefficient (Wildman–Crippen LogP) is 4.08. The molecule has 0 spiro atoms. The fourth-order valence-electron chi connectivity index (χ4n) is 3.22. The highest BCUT2D eigenvalue weighted by atomic mass is 32.1. The van der Waals surface area contributed by atoms with Crippen molar-refractivity contribution in [1.82, 2.24) is 10.3 Å². The third-order valence-corrected chi connectivity index (χ3v) is 5.58. The summed E-state index contributed by atoms with van der Waals surface area (Å²) < 4.78 is 11.3. The summed E-state index contributed by atoms with van der Waals surface area (Å²) in [6.45, 7) is 3.37. The molecular formula is C22H22N2O3S. The number of hydrogen-bond donors (Lipinski definition) is 1. The molecule has 1 unspecified atom stereocenters. The quantitative estimate of drug-likeness (QED) is 0.684. The van der Waals surface area contributed by atoms with E-state index < -0.39 is 0 Å². The third kappa shape index (κ3) is 4.17. The van der Waals surface area contributed by atoms with Gasteiger partial charge in [0.2, 0.25) is 5.91 Å². The van der Waals surface area contributed by atoms with Crippen molar-refractivity contribution in [3.05, 3.63) is 65.2 Å². The molecule has 1 aliphatic heterocycles. The Kier molecular flexibility index (Phi) is 5.58. The van der Waals surface area contributed by atoms with Gasteiger partial charge in [0.15, 0.2) is 0 Å². The lowest BCUT2D eigenvalue weighted by Gasteiger charge is -2.25. The van der Waals surface area contributed by atoms with Crippen molar-refractivity contribution in [2.24, 2.45) is 5.92 Å². The van der Waals surface area contributed by atoms with Gasteiger partial charge in [-0.2, -0.15) is 0 Å². The Bertz CT molecular complexity index is 955. The second kappa shape index (κ2) is 8.44. The number of thiazole rings is 1. The molecule has 0 saturated carbocycles. The van der Waals surface area contributed by atoms with Gasteiger partial charge in [0, 0.05) is 10.9 Å². The number of nitrogens with zero attached hydrogens (tertiary/aromatic N) is 1. The number of benzene rings is 2. The lowest BCUT2D eigenvalue weighted by Crippen LogP contribution is -2.37. The van der Waals surface area contributed by atoms with E-state index in [-0.39, 0.29) is 11.8 Å². The Morgan fingerprint density at radius 2 is 2.14 bits per heavy atom. The molecule has 2 heterocycles. The zero-order chi connectivity index (χ0) is 19.3. The van der Waals surface area contributed by atoms with Crippen LogP contribution in [0.5, 0.6) is 11.5 Å². The van der Waals surface area contributed by atoms with Gasteiger partial charge in [-0.15, -0.1) is 11.3 Å². The number of carbonyl (C=O) groups excluding carboxylic acids is 1. The van der Waals surface area contributed by atoms with E-state index in [9.17, 15) is 4.79 Å². The summed E-state index contributed by atoms with van der Waals surface area (Å²) in [4.78, 5) is 17.2. The number of nitrogens with one attached hydrogen (secondary N) is 1. The first-order valence-electron chi connectivity index (χ1n) is 9.39. The molecule has 1 aliphatic rings. The fraction of sp³-hybridized carbons (Fsp3) is 0.273. The molecule has 1 aromatic heterocycles. The topological polar surface area (TPSA) is 60.5 Å². The zero-order valence-electron chi connectivity index (χ0n) is 15.7. The Morgan fingerprint density at radius 1 is 1.29 bits per heavy atom. The van der Waals surface area contributed by atoms with E-state index in [0.29, 0.717) is 26.2 Å². The van der Waals surface area contributed by atoms with Gasteiger partial charge in [0.1, 0.15) is 23.1 Å². The van der Waals surface area contributed by atoms with Gasteiger partial charge in [-0.05, 0) is 37.1 Å². The molecule has 4 rings (SSSR count). The molecule has 28 heavy (non-hydrogen) atoms. The van der Waals surface area contributed by atoms with E-state index >= 15 is 0 Å². The van der Waals surface area contributed by atoms with Gasteiger partial charge in [-0.1, -0.05) is 30.3 Å². The van der Waals surface area contributed by atoms with Crippen LogP contribution in [0.4, 0.5) is 0 Å². The average Bonchev–Trinajstić information content (AvgIpc) is 3.21. The van der Waals surface area contributed by atoms with Crippen molar-refractivity contribution in [1.29, 1.82) is 0 Å². The van der Waals surface area contributed by atoms with Gasteiger partial charge >= 0.3 is 0 Å². The molecule has 1 amide bonds. The third-order valence-electron chi connectivity index (χ3n) is 4.64.